The molecule has 4 heteroatoms. The fourth-order valence-corrected chi connectivity index (χ4v) is 1.86. The van der Waals surface area contributed by atoms with Crippen LogP contribution in [0.4, 0.5) is 0 Å². The number of hydrogen-bond acceptors (Lipinski definition) is 1. The Hall–Kier alpha value is -1.48. The fourth-order valence-electron chi connectivity index (χ4n) is 1.57. The minimum atomic E-state index is -0.919. The van der Waals surface area contributed by atoms with Crippen LogP contribution in [0, 0.1) is 6.92 Å². The Labute approximate surface area is 85.6 Å². The molecule has 1 aromatic carbocycles. The number of aryl methyl sites for hydroxylation is 1. The summed E-state index contributed by atoms with van der Waals surface area (Å²) in [6.45, 7) is 1.84. The van der Waals surface area contributed by atoms with Crippen LogP contribution < -0.4 is 0 Å². The zero-order chi connectivity index (χ0) is 10.3. The lowest BCUT2D eigenvalue weighted by molar-refractivity contribution is 0.0697. The highest BCUT2D eigenvalue weighted by atomic mass is 35.5. The fraction of sp³-hybridized carbons (Fsp3) is 0.100. The number of carboxylic acid groups (broad SMARTS) is 1. The molecular formula is C10H8ClNO2. The van der Waals surface area contributed by atoms with Crippen LogP contribution in [-0.4, -0.2) is 15.2 Å². The first-order valence-electron chi connectivity index (χ1n) is 4.11. The number of hydrogen-bond donors (Lipinski definition) is 1. The molecule has 0 unspecified atom stereocenters. The number of carboxylic acids is 1. The molecule has 72 valence electrons. The highest BCUT2D eigenvalue weighted by molar-refractivity contribution is 6.19. The van der Waals surface area contributed by atoms with E-state index in [1.807, 2.05) is 6.92 Å². The van der Waals surface area contributed by atoms with Crippen LogP contribution in [-0.2, 0) is 0 Å². The van der Waals surface area contributed by atoms with Crippen molar-refractivity contribution in [3.8, 4) is 0 Å². The largest absolute Gasteiger partial charge is 0.478 e. The quantitative estimate of drug-likeness (QED) is 0.785. The lowest BCUT2D eigenvalue weighted by atomic mass is 10.1. The van der Waals surface area contributed by atoms with Gasteiger partial charge in [-0.2, -0.15) is 0 Å². The van der Waals surface area contributed by atoms with Crippen LogP contribution >= 0.6 is 11.8 Å². The van der Waals surface area contributed by atoms with E-state index in [-0.39, 0.29) is 5.56 Å². The smallest absolute Gasteiger partial charge is 0.335 e. The van der Waals surface area contributed by atoms with Crippen molar-refractivity contribution in [2.45, 2.75) is 6.92 Å². The van der Waals surface area contributed by atoms with Gasteiger partial charge in [-0.1, -0.05) is 0 Å². The minimum absolute atomic E-state index is 0.290. The van der Waals surface area contributed by atoms with Gasteiger partial charge in [-0.05, 0) is 30.7 Å². The second-order valence-electron chi connectivity index (χ2n) is 3.16. The molecule has 2 rings (SSSR count). The van der Waals surface area contributed by atoms with E-state index < -0.39 is 5.97 Å². The molecular weight excluding hydrogens is 202 g/mol. The average molecular weight is 210 g/mol. The molecule has 0 amide bonds. The van der Waals surface area contributed by atoms with Crippen molar-refractivity contribution in [2.75, 3.05) is 0 Å². The molecule has 0 saturated heterocycles. The highest BCUT2D eigenvalue weighted by Gasteiger charge is 2.08. The predicted octanol–water partition coefficient (Wildman–Crippen LogP) is 2.65. The summed E-state index contributed by atoms with van der Waals surface area (Å²) < 4.78 is 1.47. The second-order valence-corrected chi connectivity index (χ2v) is 3.53. The number of nitrogens with zero attached hydrogens (tertiary/aromatic N) is 1. The Morgan fingerprint density at radius 1 is 1.50 bits per heavy atom. The number of fused-ring (bicyclic) bond motifs is 1. The van der Waals surface area contributed by atoms with Gasteiger partial charge in [0, 0.05) is 23.4 Å². The van der Waals surface area contributed by atoms with Crippen molar-refractivity contribution in [3.05, 3.63) is 35.5 Å². The van der Waals surface area contributed by atoms with Crippen LogP contribution in [0.1, 0.15) is 15.9 Å². The number of carbonyl (C=O) groups is 1. The Bertz CT molecular complexity index is 516. The molecule has 2 aromatic rings. The Balaban J connectivity index is 2.80. The molecule has 14 heavy (non-hydrogen) atoms. The molecule has 0 bridgehead atoms. The molecule has 0 spiro atoms. The monoisotopic (exact) mass is 209 g/mol. The molecule has 1 aromatic heterocycles. The third-order valence-electron chi connectivity index (χ3n) is 2.18. The van der Waals surface area contributed by atoms with E-state index in [0.717, 1.165) is 16.5 Å². The van der Waals surface area contributed by atoms with Crippen molar-refractivity contribution in [2.24, 2.45) is 0 Å². The van der Waals surface area contributed by atoms with Crippen molar-refractivity contribution in [1.29, 1.82) is 0 Å². The summed E-state index contributed by atoms with van der Waals surface area (Å²) in [5, 5.41) is 9.68. The summed E-state index contributed by atoms with van der Waals surface area (Å²) in [7, 11) is 0. The van der Waals surface area contributed by atoms with E-state index in [9.17, 15) is 4.79 Å². The van der Waals surface area contributed by atoms with Crippen LogP contribution in [0.15, 0.2) is 24.4 Å². The van der Waals surface area contributed by atoms with Crippen molar-refractivity contribution in [3.63, 3.8) is 0 Å². The maximum atomic E-state index is 10.8. The third kappa shape index (κ3) is 1.26. The molecule has 0 aliphatic heterocycles. The van der Waals surface area contributed by atoms with E-state index in [4.69, 9.17) is 16.9 Å². The number of rotatable bonds is 1. The van der Waals surface area contributed by atoms with Gasteiger partial charge in [0.25, 0.3) is 0 Å². The van der Waals surface area contributed by atoms with E-state index in [1.165, 1.54) is 4.09 Å². The van der Waals surface area contributed by atoms with Gasteiger partial charge in [-0.3, -0.25) is 4.09 Å². The topological polar surface area (TPSA) is 42.2 Å². The molecule has 0 radical (unpaired) electrons. The van der Waals surface area contributed by atoms with Gasteiger partial charge in [0.15, 0.2) is 0 Å². The van der Waals surface area contributed by atoms with Crippen molar-refractivity contribution >= 4 is 28.6 Å². The Morgan fingerprint density at radius 3 is 2.86 bits per heavy atom. The molecule has 3 nitrogen and oxygen atoms in total. The van der Waals surface area contributed by atoms with Gasteiger partial charge in [0.1, 0.15) is 0 Å². The lowest BCUT2D eigenvalue weighted by Crippen LogP contribution is -1.96. The molecule has 0 aliphatic rings. The molecule has 1 heterocycles. The van der Waals surface area contributed by atoms with E-state index in [2.05, 4.69) is 0 Å². The molecule has 0 fully saturated rings. The predicted molar refractivity (Wildman–Crippen MR) is 54.9 cm³/mol. The van der Waals surface area contributed by atoms with Crippen LogP contribution in [0.3, 0.4) is 0 Å². The number of benzene rings is 1. The second kappa shape index (κ2) is 3.03. The number of aromatic nitrogens is 1. The highest BCUT2D eigenvalue weighted by Crippen LogP contribution is 2.22. The summed E-state index contributed by atoms with van der Waals surface area (Å²) in [5.41, 5.74) is 2.01. The van der Waals surface area contributed by atoms with Gasteiger partial charge in [-0.25, -0.2) is 4.79 Å². The average Bonchev–Trinajstić information content (AvgIpc) is 2.48. The Morgan fingerprint density at radius 2 is 2.21 bits per heavy atom. The number of aromatic carboxylic acids is 1. The standard InChI is InChI=1S/C10H8ClNO2/c1-6-4-8(10(13)14)5-7-2-3-12(11)9(6)7/h2-5H,1H3,(H,13,14). The zero-order valence-corrected chi connectivity index (χ0v) is 8.25. The SMILES string of the molecule is Cc1cc(C(=O)O)cc2ccn(Cl)c12. The first-order valence-corrected chi connectivity index (χ1v) is 4.44. The van der Waals surface area contributed by atoms with Gasteiger partial charge in [-0.15, -0.1) is 0 Å². The van der Waals surface area contributed by atoms with Gasteiger partial charge in [0.05, 0.1) is 11.1 Å². The summed E-state index contributed by atoms with van der Waals surface area (Å²) in [6.07, 6.45) is 1.70. The van der Waals surface area contributed by atoms with E-state index in [1.54, 1.807) is 24.4 Å². The normalized spacial score (nSPS) is 10.7. The maximum Gasteiger partial charge on any atom is 0.335 e. The number of halogens is 1. The summed E-state index contributed by atoms with van der Waals surface area (Å²) in [5.74, 6) is -0.919. The van der Waals surface area contributed by atoms with Crippen molar-refractivity contribution in [1.82, 2.24) is 4.09 Å². The van der Waals surface area contributed by atoms with Gasteiger partial charge < -0.3 is 5.11 Å². The molecule has 0 aliphatic carbocycles. The Kier molecular flexibility index (Phi) is 1.97. The minimum Gasteiger partial charge on any atom is -0.478 e. The molecule has 0 atom stereocenters. The van der Waals surface area contributed by atoms with Crippen LogP contribution in [0.25, 0.3) is 10.9 Å². The third-order valence-corrected chi connectivity index (χ3v) is 2.46. The van der Waals surface area contributed by atoms with E-state index in [0.29, 0.717) is 0 Å². The molecule has 0 saturated carbocycles. The summed E-state index contributed by atoms with van der Waals surface area (Å²) >= 11 is 5.88. The van der Waals surface area contributed by atoms with Gasteiger partial charge in [0.2, 0.25) is 0 Å². The van der Waals surface area contributed by atoms with Gasteiger partial charge >= 0.3 is 5.97 Å². The van der Waals surface area contributed by atoms with Crippen LogP contribution in [0.2, 0.25) is 0 Å². The van der Waals surface area contributed by atoms with Crippen LogP contribution in [0.5, 0.6) is 0 Å². The molecule has 1 N–H and O–H groups in total. The maximum absolute atomic E-state index is 10.8. The summed E-state index contributed by atoms with van der Waals surface area (Å²) in [6, 6.07) is 5.02. The summed E-state index contributed by atoms with van der Waals surface area (Å²) in [4.78, 5) is 10.8. The lowest BCUT2D eigenvalue weighted by Gasteiger charge is -2.01. The first-order chi connectivity index (χ1) is 6.59. The van der Waals surface area contributed by atoms with Crippen molar-refractivity contribution < 1.29 is 9.90 Å². The first kappa shape index (κ1) is 9.09. The van der Waals surface area contributed by atoms with E-state index >= 15 is 0 Å². The zero-order valence-electron chi connectivity index (χ0n) is 7.49.